The van der Waals surface area contributed by atoms with Gasteiger partial charge in [-0.1, -0.05) is 25.8 Å². The lowest BCUT2D eigenvalue weighted by Crippen LogP contribution is -2.27. The Morgan fingerprint density at radius 3 is 2.75 bits per heavy atom. The van der Waals surface area contributed by atoms with Gasteiger partial charge in [-0.3, -0.25) is 4.79 Å². The van der Waals surface area contributed by atoms with Crippen LogP contribution in [0.2, 0.25) is 0 Å². The smallest absolute Gasteiger partial charge is 0.259 e. The Labute approximate surface area is 144 Å². The third-order valence-corrected chi connectivity index (χ3v) is 4.05. The summed E-state index contributed by atoms with van der Waals surface area (Å²) in [4.78, 5) is 11.9. The predicted molar refractivity (Wildman–Crippen MR) is 98.5 cm³/mol. The molecule has 5 heteroatoms. The second-order valence-corrected chi connectivity index (χ2v) is 5.90. The number of ether oxygens (including phenoxy) is 1. The second kappa shape index (κ2) is 9.75. The van der Waals surface area contributed by atoms with E-state index in [4.69, 9.17) is 4.74 Å². The van der Waals surface area contributed by atoms with Crippen molar-refractivity contribution in [3.63, 3.8) is 0 Å². The molecule has 2 rings (SSSR count). The van der Waals surface area contributed by atoms with Crippen LogP contribution in [0.25, 0.3) is 0 Å². The van der Waals surface area contributed by atoms with Gasteiger partial charge in [0.25, 0.3) is 5.91 Å². The average Bonchev–Trinajstić information content (AvgIpc) is 3.06. The lowest BCUT2D eigenvalue weighted by atomic mass is 10.1. The summed E-state index contributed by atoms with van der Waals surface area (Å²) < 4.78 is 5.11. The van der Waals surface area contributed by atoms with Gasteiger partial charge < -0.3 is 10.1 Å². The van der Waals surface area contributed by atoms with E-state index in [0.717, 1.165) is 36.4 Å². The number of nitrogens with zero attached hydrogens (tertiary/aromatic N) is 1. The molecule has 1 aromatic carbocycles. The van der Waals surface area contributed by atoms with Gasteiger partial charge in [0.15, 0.2) is 0 Å². The van der Waals surface area contributed by atoms with Crippen molar-refractivity contribution in [3.8, 4) is 5.75 Å². The Balaban J connectivity index is 1.76. The standard InChI is InChI=1S/C19H27N3O2/c1-3-4-5-7-15-8-6-9-18(15)21-22-19(23)14-20-16-10-12-17(24-2)13-11-16/h8,10-13,20H,3-7,9,14H2,1-2H3,(H,22,23)/b21-18+. The Bertz CT molecular complexity index is 591. The topological polar surface area (TPSA) is 62.7 Å². The molecule has 0 unspecified atom stereocenters. The molecule has 2 N–H and O–H groups in total. The molecule has 0 heterocycles. The van der Waals surface area contributed by atoms with E-state index in [9.17, 15) is 4.79 Å². The fourth-order valence-corrected chi connectivity index (χ4v) is 2.66. The molecule has 5 nitrogen and oxygen atoms in total. The first-order valence-corrected chi connectivity index (χ1v) is 8.65. The van der Waals surface area contributed by atoms with E-state index >= 15 is 0 Å². The zero-order valence-corrected chi connectivity index (χ0v) is 14.6. The molecule has 1 amide bonds. The molecule has 130 valence electrons. The van der Waals surface area contributed by atoms with Crippen LogP contribution in [0.5, 0.6) is 5.75 Å². The molecule has 0 bridgehead atoms. The second-order valence-electron chi connectivity index (χ2n) is 5.90. The molecule has 24 heavy (non-hydrogen) atoms. The number of allylic oxidation sites excluding steroid dienone is 2. The number of nitrogens with one attached hydrogen (secondary N) is 2. The zero-order chi connectivity index (χ0) is 17.2. The van der Waals surface area contributed by atoms with Gasteiger partial charge in [-0.05, 0) is 55.5 Å². The van der Waals surface area contributed by atoms with Gasteiger partial charge in [-0.25, -0.2) is 5.43 Å². The average molecular weight is 329 g/mol. The van der Waals surface area contributed by atoms with Crippen LogP contribution >= 0.6 is 0 Å². The Kier molecular flexibility index (Phi) is 7.33. The van der Waals surface area contributed by atoms with Crippen molar-refractivity contribution in [2.75, 3.05) is 19.0 Å². The normalized spacial score (nSPS) is 15.2. The molecule has 0 spiro atoms. The molecule has 1 aromatic rings. The third-order valence-electron chi connectivity index (χ3n) is 4.05. The maximum absolute atomic E-state index is 11.9. The number of carbonyl (C=O) groups excluding carboxylic acids is 1. The molecule has 0 saturated carbocycles. The Morgan fingerprint density at radius 1 is 1.25 bits per heavy atom. The zero-order valence-electron chi connectivity index (χ0n) is 14.6. The van der Waals surface area contributed by atoms with Crippen molar-refractivity contribution in [1.29, 1.82) is 0 Å². The minimum Gasteiger partial charge on any atom is -0.497 e. The van der Waals surface area contributed by atoms with Crippen molar-refractivity contribution in [2.24, 2.45) is 5.10 Å². The first-order chi connectivity index (χ1) is 11.7. The minimum atomic E-state index is -0.141. The number of hydrazone groups is 1. The lowest BCUT2D eigenvalue weighted by molar-refractivity contribution is -0.119. The van der Waals surface area contributed by atoms with Gasteiger partial charge in [-0.2, -0.15) is 5.10 Å². The quantitative estimate of drug-likeness (QED) is 0.534. The van der Waals surface area contributed by atoms with Crippen LogP contribution in [0.3, 0.4) is 0 Å². The van der Waals surface area contributed by atoms with E-state index in [1.54, 1.807) is 7.11 Å². The molecule has 0 radical (unpaired) electrons. The van der Waals surface area contributed by atoms with Crippen LogP contribution in [-0.4, -0.2) is 25.3 Å². The first kappa shape index (κ1) is 18.0. The van der Waals surface area contributed by atoms with E-state index in [-0.39, 0.29) is 12.5 Å². The van der Waals surface area contributed by atoms with Gasteiger partial charge in [0.2, 0.25) is 0 Å². The number of rotatable bonds is 9. The lowest BCUT2D eigenvalue weighted by Gasteiger charge is -2.08. The number of unbranched alkanes of at least 4 members (excludes halogenated alkanes) is 2. The van der Waals surface area contributed by atoms with Crippen molar-refractivity contribution in [2.45, 2.75) is 45.4 Å². The molecule has 1 aliphatic carbocycles. The number of anilines is 1. The summed E-state index contributed by atoms with van der Waals surface area (Å²) >= 11 is 0. The third kappa shape index (κ3) is 5.72. The monoisotopic (exact) mass is 329 g/mol. The van der Waals surface area contributed by atoms with Crippen molar-refractivity contribution in [1.82, 2.24) is 5.43 Å². The molecule has 0 atom stereocenters. The van der Waals surface area contributed by atoms with Crippen LogP contribution in [0.4, 0.5) is 5.69 Å². The summed E-state index contributed by atoms with van der Waals surface area (Å²) in [5, 5.41) is 7.38. The fourth-order valence-electron chi connectivity index (χ4n) is 2.66. The Hall–Kier alpha value is -2.30. The van der Waals surface area contributed by atoms with E-state index in [0.29, 0.717) is 0 Å². The first-order valence-electron chi connectivity index (χ1n) is 8.65. The highest BCUT2D eigenvalue weighted by Gasteiger charge is 2.13. The summed E-state index contributed by atoms with van der Waals surface area (Å²) in [7, 11) is 1.63. The van der Waals surface area contributed by atoms with Crippen molar-refractivity contribution in [3.05, 3.63) is 35.9 Å². The van der Waals surface area contributed by atoms with E-state index < -0.39 is 0 Å². The predicted octanol–water partition coefficient (Wildman–Crippen LogP) is 3.88. The minimum absolute atomic E-state index is 0.141. The highest BCUT2D eigenvalue weighted by molar-refractivity contribution is 6.02. The maximum Gasteiger partial charge on any atom is 0.259 e. The highest BCUT2D eigenvalue weighted by atomic mass is 16.5. The number of methoxy groups -OCH3 is 1. The van der Waals surface area contributed by atoms with Gasteiger partial charge in [0.1, 0.15) is 5.75 Å². The van der Waals surface area contributed by atoms with E-state index in [1.165, 1.54) is 24.8 Å². The number of amides is 1. The number of carbonyl (C=O) groups is 1. The van der Waals surface area contributed by atoms with E-state index in [2.05, 4.69) is 28.8 Å². The van der Waals surface area contributed by atoms with Gasteiger partial charge in [0, 0.05) is 5.69 Å². The van der Waals surface area contributed by atoms with Gasteiger partial charge in [0.05, 0.1) is 19.4 Å². The van der Waals surface area contributed by atoms with Crippen LogP contribution in [0, 0.1) is 0 Å². The summed E-state index contributed by atoms with van der Waals surface area (Å²) in [5.74, 6) is 0.651. The molecule has 0 aromatic heterocycles. The number of hydrogen-bond acceptors (Lipinski definition) is 4. The highest BCUT2D eigenvalue weighted by Crippen LogP contribution is 2.21. The maximum atomic E-state index is 11.9. The molecule has 0 fully saturated rings. The van der Waals surface area contributed by atoms with Crippen LogP contribution in [-0.2, 0) is 4.79 Å². The summed E-state index contributed by atoms with van der Waals surface area (Å²) in [6.45, 7) is 2.39. The van der Waals surface area contributed by atoms with Gasteiger partial charge >= 0.3 is 0 Å². The number of hydrogen-bond donors (Lipinski definition) is 2. The fraction of sp³-hybridized carbons (Fsp3) is 0.474. The summed E-state index contributed by atoms with van der Waals surface area (Å²) in [6.07, 6.45) is 8.90. The largest absolute Gasteiger partial charge is 0.497 e. The Morgan fingerprint density at radius 2 is 2.04 bits per heavy atom. The van der Waals surface area contributed by atoms with Crippen LogP contribution in [0.1, 0.15) is 45.4 Å². The molecule has 0 aliphatic heterocycles. The van der Waals surface area contributed by atoms with Gasteiger partial charge in [-0.15, -0.1) is 0 Å². The molecular formula is C19H27N3O2. The molecular weight excluding hydrogens is 302 g/mol. The van der Waals surface area contributed by atoms with Crippen molar-refractivity contribution >= 4 is 17.3 Å². The van der Waals surface area contributed by atoms with E-state index in [1.807, 2.05) is 24.3 Å². The van der Waals surface area contributed by atoms with Crippen LogP contribution < -0.4 is 15.5 Å². The summed E-state index contributed by atoms with van der Waals surface area (Å²) in [6, 6.07) is 7.46. The van der Waals surface area contributed by atoms with Crippen LogP contribution in [0.15, 0.2) is 41.0 Å². The number of benzene rings is 1. The SMILES string of the molecule is CCCCCC1=CCC/C1=N\NC(=O)CNc1ccc(OC)cc1. The van der Waals surface area contributed by atoms with Crippen molar-refractivity contribution < 1.29 is 9.53 Å². The summed E-state index contributed by atoms with van der Waals surface area (Å²) in [5.41, 5.74) is 5.86. The molecule has 0 saturated heterocycles. The molecule has 1 aliphatic rings.